The van der Waals surface area contributed by atoms with Gasteiger partial charge in [0.05, 0.1) is 11.8 Å². The van der Waals surface area contributed by atoms with Crippen LogP contribution in [-0.2, 0) is 4.74 Å². The highest BCUT2D eigenvalue weighted by atomic mass is 19.1. The maximum absolute atomic E-state index is 14.1. The summed E-state index contributed by atoms with van der Waals surface area (Å²) in [5, 5.41) is 0. The fourth-order valence-corrected chi connectivity index (χ4v) is 2.41. The number of hydrogen-bond acceptors (Lipinski definition) is 3. The van der Waals surface area contributed by atoms with Gasteiger partial charge in [-0.25, -0.2) is 4.39 Å². The summed E-state index contributed by atoms with van der Waals surface area (Å²) >= 11 is 0. The molecule has 2 atom stereocenters. The van der Waals surface area contributed by atoms with Gasteiger partial charge in [-0.1, -0.05) is 6.07 Å². The second-order valence-corrected chi connectivity index (χ2v) is 4.95. The molecule has 1 aromatic carbocycles. The van der Waals surface area contributed by atoms with Gasteiger partial charge in [-0.2, -0.15) is 0 Å². The van der Waals surface area contributed by atoms with Crippen molar-refractivity contribution in [2.24, 2.45) is 5.73 Å². The highest BCUT2D eigenvalue weighted by Gasteiger charge is 2.21. The molecular formula is C14H21FN2O. The summed E-state index contributed by atoms with van der Waals surface area (Å²) in [4.78, 5) is 2.05. The van der Waals surface area contributed by atoms with E-state index < -0.39 is 0 Å². The Bertz CT molecular complexity index is 409. The number of nitrogens with two attached hydrogens (primary N) is 1. The van der Waals surface area contributed by atoms with Crippen LogP contribution >= 0.6 is 0 Å². The van der Waals surface area contributed by atoms with Crippen molar-refractivity contribution in [1.29, 1.82) is 0 Å². The Balaban J connectivity index is 2.17. The first-order valence-corrected chi connectivity index (χ1v) is 6.44. The molecule has 0 aliphatic carbocycles. The van der Waals surface area contributed by atoms with Crippen molar-refractivity contribution < 1.29 is 9.13 Å². The Hall–Kier alpha value is -1.13. The summed E-state index contributed by atoms with van der Waals surface area (Å²) in [5.41, 5.74) is 7.24. The Morgan fingerprint density at radius 1 is 1.50 bits per heavy atom. The molecule has 1 aliphatic heterocycles. The first-order chi connectivity index (χ1) is 8.61. The zero-order chi connectivity index (χ0) is 13.1. The Morgan fingerprint density at radius 2 is 2.28 bits per heavy atom. The van der Waals surface area contributed by atoms with Crippen molar-refractivity contribution in [2.75, 3.05) is 25.1 Å². The molecule has 1 aliphatic rings. The molecule has 1 saturated heterocycles. The predicted octanol–water partition coefficient (Wildman–Crippen LogP) is 2.46. The lowest BCUT2D eigenvalue weighted by molar-refractivity contribution is 0.0892. The number of rotatable bonds is 3. The highest BCUT2D eigenvalue weighted by Crippen LogP contribution is 2.26. The number of methoxy groups -OCH3 is 1. The van der Waals surface area contributed by atoms with E-state index in [9.17, 15) is 4.39 Å². The minimum Gasteiger partial charge on any atom is -0.380 e. The van der Waals surface area contributed by atoms with Crippen LogP contribution < -0.4 is 10.6 Å². The van der Waals surface area contributed by atoms with E-state index in [2.05, 4.69) is 4.90 Å². The van der Waals surface area contributed by atoms with E-state index in [1.807, 2.05) is 19.1 Å². The number of piperidine rings is 1. The molecule has 1 fully saturated rings. The second-order valence-electron chi connectivity index (χ2n) is 4.95. The average Bonchev–Trinajstić information content (AvgIpc) is 2.38. The molecule has 2 unspecified atom stereocenters. The second kappa shape index (κ2) is 5.67. The Morgan fingerprint density at radius 3 is 2.89 bits per heavy atom. The molecule has 3 nitrogen and oxygen atoms in total. The Labute approximate surface area is 108 Å². The van der Waals surface area contributed by atoms with Crippen LogP contribution in [0.3, 0.4) is 0 Å². The number of nitrogens with zero attached hydrogens (tertiary/aromatic N) is 1. The molecule has 0 aromatic heterocycles. The van der Waals surface area contributed by atoms with Crippen molar-refractivity contribution in [3.8, 4) is 0 Å². The third-order valence-corrected chi connectivity index (χ3v) is 3.55. The van der Waals surface area contributed by atoms with Crippen LogP contribution in [-0.4, -0.2) is 26.3 Å². The molecule has 0 radical (unpaired) electrons. The first kappa shape index (κ1) is 13.3. The van der Waals surface area contributed by atoms with Gasteiger partial charge in [0.1, 0.15) is 5.82 Å². The van der Waals surface area contributed by atoms with Gasteiger partial charge in [0.25, 0.3) is 0 Å². The third kappa shape index (κ3) is 2.82. The summed E-state index contributed by atoms with van der Waals surface area (Å²) in [7, 11) is 1.71. The maximum atomic E-state index is 14.1. The molecule has 0 spiro atoms. The molecular weight excluding hydrogens is 231 g/mol. The summed E-state index contributed by atoms with van der Waals surface area (Å²) in [5.74, 6) is -0.193. The molecule has 2 rings (SSSR count). The standard InChI is InChI=1S/C14H21FN2O/c1-10(16)11-5-6-14(13(15)8-11)17-7-3-4-12(9-17)18-2/h5-6,8,10,12H,3-4,7,9,16H2,1-2H3. The summed E-state index contributed by atoms with van der Waals surface area (Å²) in [6, 6.07) is 5.13. The SMILES string of the molecule is COC1CCCN(c2ccc(C(C)N)cc2F)C1. The quantitative estimate of drug-likeness (QED) is 0.898. The summed E-state index contributed by atoms with van der Waals surface area (Å²) < 4.78 is 19.4. The molecule has 0 bridgehead atoms. The van der Waals surface area contributed by atoms with Gasteiger partial charge in [0, 0.05) is 26.2 Å². The van der Waals surface area contributed by atoms with Crippen molar-refractivity contribution in [2.45, 2.75) is 31.9 Å². The van der Waals surface area contributed by atoms with Crippen LogP contribution in [0.2, 0.25) is 0 Å². The van der Waals surface area contributed by atoms with E-state index in [-0.39, 0.29) is 18.0 Å². The lowest BCUT2D eigenvalue weighted by Crippen LogP contribution is -2.39. The third-order valence-electron chi connectivity index (χ3n) is 3.55. The maximum Gasteiger partial charge on any atom is 0.146 e. The van der Waals surface area contributed by atoms with Gasteiger partial charge in [0.15, 0.2) is 0 Å². The van der Waals surface area contributed by atoms with Gasteiger partial charge in [0.2, 0.25) is 0 Å². The normalized spacial score (nSPS) is 22.0. The van der Waals surface area contributed by atoms with Crippen molar-refractivity contribution in [3.05, 3.63) is 29.6 Å². The van der Waals surface area contributed by atoms with Gasteiger partial charge in [-0.05, 0) is 37.5 Å². The van der Waals surface area contributed by atoms with Crippen molar-refractivity contribution in [3.63, 3.8) is 0 Å². The molecule has 100 valence electrons. The lowest BCUT2D eigenvalue weighted by Gasteiger charge is -2.34. The summed E-state index contributed by atoms with van der Waals surface area (Å²) in [6.07, 6.45) is 2.28. The molecule has 4 heteroatoms. The molecule has 1 aromatic rings. The fourth-order valence-electron chi connectivity index (χ4n) is 2.41. The average molecular weight is 252 g/mol. The summed E-state index contributed by atoms with van der Waals surface area (Å²) in [6.45, 7) is 3.50. The van der Waals surface area contributed by atoms with E-state index in [4.69, 9.17) is 10.5 Å². The van der Waals surface area contributed by atoms with E-state index >= 15 is 0 Å². The zero-order valence-corrected chi connectivity index (χ0v) is 11.0. The number of anilines is 1. The van der Waals surface area contributed by atoms with Gasteiger partial charge >= 0.3 is 0 Å². The number of hydrogen-bond donors (Lipinski definition) is 1. The van der Waals surface area contributed by atoms with Crippen LogP contribution in [0, 0.1) is 5.82 Å². The number of halogens is 1. The Kier molecular flexibility index (Phi) is 4.19. The topological polar surface area (TPSA) is 38.5 Å². The van der Waals surface area contributed by atoms with Crippen molar-refractivity contribution in [1.82, 2.24) is 0 Å². The fraction of sp³-hybridized carbons (Fsp3) is 0.571. The van der Waals surface area contributed by atoms with Gasteiger partial charge in [-0.3, -0.25) is 0 Å². The molecule has 18 heavy (non-hydrogen) atoms. The van der Waals surface area contributed by atoms with Crippen LogP contribution in [0.15, 0.2) is 18.2 Å². The van der Waals surface area contributed by atoms with Crippen molar-refractivity contribution >= 4 is 5.69 Å². The molecule has 1 heterocycles. The van der Waals surface area contributed by atoms with Gasteiger partial charge in [-0.15, -0.1) is 0 Å². The molecule has 0 saturated carbocycles. The highest BCUT2D eigenvalue weighted by molar-refractivity contribution is 5.50. The van der Waals surface area contributed by atoms with Crippen LogP contribution in [0.4, 0.5) is 10.1 Å². The predicted molar refractivity (Wildman–Crippen MR) is 71.2 cm³/mol. The number of ether oxygens (including phenoxy) is 1. The minimum atomic E-state index is -0.193. The zero-order valence-electron chi connectivity index (χ0n) is 11.0. The van der Waals surface area contributed by atoms with E-state index in [0.717, 1.165) is 31.5 Å². The number of benzene rings is 1. The van der Waals surface area contributed by atoms with E-state index in [1.54, 1.807) is 7.11 Å². The van der Waals surface area contributed by atoms with E-state index in [0.29, 0.717) is 5.69 Å². The first-order valence-electron chi connectivity index (χ1n) is 6.44. The molecule has 0 amide bonds. The molecule has 2 N–H and O–H groups in total. The van der Waals surface area contributed by atoms with Crippen LogP contribution in [0.1, 0.15) is 31.4 Å². The van der Waals surface area contributed by atoms with E-state index in [1.165, 1.54) is 6.07 Å². The lowest BCUT2D eigenvalue weighted by atomic mass is 10.0. The largest absolute Gasteiger partial charge is 0.380 e. The van der Waals surface area contributed by atoms with Crippen LogP contribution in [0.25, 0.3) is 0 Å². The van der Waals surface area contributed by atoms with Gasteiger partial charge < -0.3 is 15.4 Å². The monoisotopic (exact) mass is 252 g/mol. The minimum absolute atomic E-state index is 0.137. The van der Waals surface area contributed by atoms with Crippen LogP contribution in [0.5, 0.6) is 0 Å². The smallest absolute Gasteiger partial charge is 0.146 e.